The summed E-state index contributed by atoms with van der Waals surface area (Å²) in [4.78, 5) is 15.2. The number of rotatable bonds is 8. The predicted octanol–water partition coefficient (Wildman–Crippen LogP) is 3.32. The van der Waals surface area contributed by atoms with Gasteiger partial charge in [0.15, 0.2) is 0 Å². The zero-order chi connectivity index (χ0) is 18.6. The maximum atomic E-state index is 11.1. The van der Waals surface area contributed by atoms with Gasteiger partial charge in [-0.25, -0.2) is 4.98 Å². The van der Waals surface area contributed by atoms with Gasteiger partial charge in [0.2, 0.25) is 11.8 Å². The van der Waals surface area contributed by atoms with Gasteiger partial charge in [-0.3, -0.25) is 4.79 Å². The first-order valence-electron chi connectivity index (χ1n) is 9.59. The molecule has 1 aromatic heterocycles. The normalized spacial score (nSPS) is 22.9. The second-order valence-electron chi connectivity index (χ2n) is 7.49. The number of nitrogens with one attached hydrogen (secondary N) is 1. The lowest BCUT2D eigenvalue weighted by molar-refractivity contribution is 0.1000. The molecule has 1 heterocycles. The highest BCUT2D eigenvalue weighted by Crippen LogP contribution is 2.42. The summed E-state index contributed by atoms with van der Waals surface area (Å²) in [6, 6.07) is 11.3. The average Bonchev–Trinajstić information content (AvgIpc) is 3.30. The topological polar surface area (TPSA) is 77.2 Å². The summed E-state index contributed by atoms with van der Waals surface area (Å²) >= 11 is 0. The van der Waals surface area contributed by atoms with Crippen LogP contribution in [0.25, 0.3) is 0 Å². The highest BCUT2D eigenvalue weighted by molar-refractivity contribution is 5.92. The quantitative estimate of drug-likeness (QED) is 0.557. The Morgan fingerprint density at radius 3 is 2.63 bits per heavy atom. The number of aromatic nitrogens is 1. The second-order valence-corrected chi connectivity index (χ2v) is 7.49. The van der Waals surface area contributed by atoms with Gasteiger partial charge in [-0.2, -0.15) is 0 Å². The Kier molecular flexibility index (Phi) is 5.21. The molecular formula is C22H25N3O2. The number of hydrogen-bond donors (Lipinski definition) is 2. The largest absolute Gasteiger partial charge is 0.439 e. The monoisotopic (exact) mass is 363 g/mol. The number of benzene rings is 1. The number of primary amides is 1. The van der Waals surface area contributed by atoms with Gasteiger partial charge in [-0.05, 0) is 73.9 Å². The van der Waals surface area contributed by atoms with Crippen LogP contribution in [0.3, 0.4) is 0 Å². The molecule has 3 N–H and O–H groups in total. The van der Waals surface area contributed by atoms with Crippen molar-refractivity contribution in [3.63, 3.8) is 0 Å². The molecule has 2 bridgehead atoms. The van der Waals surface area contributed by atoms with E-state index in [9.17, 15) is 4.79 Å². The van der Waals surface area contributed by atoms with Crippen molar-refractivity contribution < 1.29 is 9.53 Å². The van der Waals surface area contributed by atoms with Gasteiger partial charge in [0.1, 0.15) is 5.75 Å². The number of amides is 1. The first kappa shape index (κ1) is 17.7. The molecule has 4 rings (SSSR count). The number of allylic oxidation sites excluding steroid dienone is 2. The Hall–Kier alpha value is -2.66. The summed E-state index contributed by atoms with van der Waals surface area (Å²) in [6.45, 7) is 2.12. The number of fused-ring (bicyclic) bond motifs is 2. The molecule has 0 spiro atoms. The van der Waals surface area contributed by atoms with Crippen molar-refractivity contribution >= 4 is 5.91 Å². The Morgan fingerprint density at radius 2 is 2.00 bits per heavy atom. The lowest BCUT2D eigenvalue weighted by Gasteiger charge is -2.18. The molecule has 1 amide bonds. The predicted molar refractivity (Wildman–Crippen MR) is 105 cm³/mol. The van der Waals surface area contributed by atoms with Crippen molar-refractivity contribution in [1.29, 1.82) is 0 Å². The molecule has 3 atom stereocenters. The van der Waals surface area contributed by atoms with E-state index in [1.165, 1.54) is 24.6 Å². The minimum atomic E-state index is -0.496. The van der Waals surface area contributed by atoms with Gasteiger partial charge in [-0.1, -0.05) is 24.3 Å². The van der Waals surface area contributed by atoms with Crippen LogP contribution in [0.4, 0.5) is 0 Å². The Labute approximate surface area is 159 Å². The zero-order valence-corrected chi connectivity index (χ0v) is 15.3. The molecule has 1 fully saturated rings. The summed E-state index contributed by atoms with van der Waals surface area (Å²) in [5.41, 5.74) is 6.85. The molecule has 140 valence electrons. The third-order valence-corrected chi connectivity index (χ3v) is 5.58. The molecule has 3 unspecified atom stereocenters. The Morgan fingerprint density at radius 1 is 1.15 bits per heavy atom. The number of carbonyl (C=O) groups excluding carboxylic acids is 1. The molecule has 1 saturated carbocycles. The maximum Gasteiger partial charge on any atom is 0.250 e. The van der Waals surface area contributed by atoms with Crippen molar-refractivity contribution in [2.45, 2.75) is 19.3 Å². The van der Waals surface area contributed by atoms with Crippen LogP contribution >= 0.6 is 0 Å². The fourth-order valence-electron chi connectivity index (χ4n) is 4.08. The van der Waals surface area contributed by atoms with Crippen molar-refractivity contribution in [3.05, 3.63) is 65.9 Å². The van der Waals surface area contributed by atoms with E-state index in [0.29, 0.717) is 11.4 Å². The van der Waals surface area contributed by atoms with Crippen LogP contribution in [0.1, 0.15) is 28.8 Å². The van der Waals surface area contributed by atoms with E-state index in [2.05, 4.69) is 34.6 Å². The summed E-state index contributed by atoms with van der Waals surface area (Å²) in [5.74, 6) is 3.14. The molecule has 5 nitrogen and oxygen atoms in total. The van der Waals surface area contributed by atoms with Gasteiger partial charge in [0.25, 0.3) is 0 Å². The number of ether oxygens (including phenoxy) is 1. The van der Waals surface area contributed by atoms with E-state index in [-0.39, 0.29) is 0 Å². The second kappa shape index (κ2) is 7.92. The molecule has 0 saturated heterocycles. The van der Waals surface area contributed by atoms with Gasteiger partial charge in [0.05, 0.1) is 5.56 Å². The van der Waals surface area contributed by atoms with Crippen LogP contribution in [0, 0.1) is 17.8 Å². The average molecular weight is 363 g/mol. The van der Waals surface area contributed by atoms with E-state index in [0.717, 1.165) is 43.0 Å². The summed E-state index contributed by atoms with van der Waals surface area (Å²) in [6.07, 6.45) is 9.96. The molecule has 5 heteroatoms. The summed E-state index contributed by atoms with van der Waals surface area (Å²) in [7, 11) is 0. The van der Waals surface area contributed by atoms with E-state index in [1.54, 1.807) is 12.1 Å². The molecular weight excluding hydrogens is 338 g/mol. The molecule has 27 heavy (non-hydrogen) atoms. The van der Waals surface area contributed by atoms with Crippen molar-refractivity contribution in [3.8, 4) is 11.6 Å². The van der Waals surface area contributed by atoms with Crippen LogP contribution < -0.4 is 15.8 Å². The van der Waals surface area contributed by atoms with E-state index in [4.69, 9.17) is 10.5 Å². The molecule has 0 radical (unpaired) electrons. The van der Waals surface area contributed by atoms with Crippen LogP contribution in [-0.4, -0.2) is 24.0 Å². The zero-order valence-electron chi connectivity index (χ0n) is 15.3. The first-order chi connectivity index (χ1) is 13.2. The van der Waals surface area contributed by atoms with Crippen LogP contribution in [-0.2, 0) is 6.42 Å². The van der Waals surface area contributed by atoms with Crippen molar-refractivity contribution in [2.24, 2.45) is 23.5 Å². The van der Waals surface area contributed by atoms with E-state index >= 15 is 0 Å². The van der Waals surface area contributed by atoms with Gasteiger partial charge in [0, 0.05) is 12.3 Å². The Bertz CT molecular complexity index is 814. The van der Waals surface area contributed by atoms with Gasteiger partial charge in [-0.15, -0.1) is 0 Å². The maximum absolute atomic E-state index is 11.1. The van der Waals surface area contributed by atoms with E-state index < -0.39 is 5.91 Å². The smallest absolute Gasteiger partial charge is 0.250 e. The number of nitrogens with zero attached hydrogens (tertiary/aromatic N) is 1. The van der Waals surface area contributed by atoms with Gasteiger partial charge < -0.3 is 15.8 Å². The minimum Gasteiger partial charge on any atom is -0.439 e. The summed E-state index contributed by atoms with van der Waals surface area (Å²) in [5, 5.41) is 3.62. The molecule has 1 aromatic carbocycles. The minimum absolute atomic E-state index is 0.367. The fourth-order valence-corrected chi connectivity index (χ4v) is 4.08. The SMILES string of the molecule is NC(=O)c1ccc(Oc2ccc(CCNCC3CC4C=CC3C4)cc2)nc1. The van der Waals surface area contributed by atoms with E-state index in [1.807, 2.05) is 12.1 Å². The molecule has 2 aromatic rings. The number of nitrogens with two attached hydrogens (primary N) is 1. The molecule has 0 aliphatic heterocycles. The third-order valence-electron chi connectivity index (χ3n) is 5.58. The molecule has 2 aliphatic rings. The highest BCUT2D eigenvalue weighted by atomic mass is 16.5. The van der Waals surface area contributed by atoms with Gasteiger partial charge >= 0.3 is 0 Å². The first-order valence-corrected chi connectivity index (χ1v) is 9.59. The lowest BCUT2D eigenvalue weighted by atomic mass is 9.93. The van der Waals surface area contributed by atoms with Crippen LogP contribution in [0.2, 0.25) is 0 Å². The highest BCUT2D eigenvalue weighted by Gasteiger charge is 2.34. The Balaban J connectivity index is 1.21. The third kappa shape index (κ3) is 4.37. The fraction of sp³-hybridized carbons (Fsp3) is 0.364. The van der Waals surface area contributed by atoms with Crippen molar-refractivity contribution in [2.75, 3.05) is 13.1 Å². The van der Waals surface area contributed by atoms with Crippen LogP contribution in [0.5, 0.6) is 11.6 Å². The number of carbonyl (C=O) groups is 1. The number of hydrogen-bond acceptors (Lipinski definition) is 4. The molecule has 2 aliphatic carbocycles. The lowest BCUT2D eigenvalue weighted by Crippen LogP contribution is -2.27. The standard InChI is InChI=1S/C22H25N3O2/c23-22(26)18-5-8-21(25-14-18)27-20-6-2-15(3-7-20)9-10-24-13-19-12-16-1-4-17(19)11-16/h1-8,14,16-17,19,24H,9-13H2,(H2,23,26). The number of pyridine rings is 1. The van der Waals surface area contributed by atoms with Crippen molar-refractivity contribution in [1.82, 2.24) is 10.3 Å². The van der Waals surface area contributed by atoms with Crippen LogP contribution in [0.15, 0.2) is 54.7 Å². The summed E-state index contributed by atoms with van der Waals surface area (Å²) < 4.78 is 5.70.